The van der Waals surface area contributed by atoms with Crippen LogP contribution in [0.3, 0.4) is 0 Å². The summed E-state index contributed by atoms with van der Waals surface area (Å²) in [5, 5.41) is 17.6. The molecule has 0 amide bonds. The number of hydrogen-bond donors (Lipinski definition) is 1. The third kappa shape index (κ3) is 3.48. The van der Waals surface area contributed by atoms with Crippen molar-refractivity contribution in [3.63, 3.8) is 0 Å². The van der Waals surface area contributed by atoms with Crippen LogP contribution in [-0.2, 0) is 13.1 Å². The lowest BCUT2D eigenvalue weighted by atomic mass is 10.1. The van der Waals surface area contributed by atoms with Gasteiger partial charge in [0, 0.05) is 0 Å². The van der Waals surface area contributed by atoms with Gasteiger partial charge in [0.05, 0.1) is 18.2 Å². The van der Waals surface area contributed by atoms with Gasteiger partial charge in [-0.1, -0.05) is 0 Å². The number of aromatic hydroxyl groups is 1. The molecule has 17 heavy (non-hydrogen) atoms. The lowest BCUT2D eigenvalue weighted by Gasteiger charge is -2.11. The zero-order valence-electron chi connectivity index (χ0n) is 8.25. The van der Waals surface area contributed by atoms with Gasteiger partial charge in [0.25, 0.3) is 5.88 Å². The van der Waals surface area contributed by atoms with Crippen LogP contribution in [0.1, 0.15) is 11.3 Å². The average molecular weight is 250 g/mol. The summed E-state index contributed by atoms with van der Waals surface area (Å²) in [6, 6.07) is 2.50. The first-order chi connectivity index (χ1) is 7.87. The number of hydrogen-bond acceptors (Lipinski definition) is 4. The molecular formula is C9H6F4N2O2. The molecule has 0 spiro atoms. The maximum atomic E-state index is 12.5. The first kappa shape index (κ1) is 13.0. The zero-order chi connectivity index (χ0) is 13.1. The first-order valence-corrected chi connectivity index (χ1v) is 4.27. The molecule has 0 aliphatic rings. The first-order valence-electron chi connectivity index (χ1n) is 4.27. The van der Waals surface area contributed by atoms with Gasteiger partial charge < -0.3 is 9.84 Å². The highest BCUT2D eigenvalue weighted by Gasteiger charge is 2.33. The lowest BCUT2D eigenvalue weighted by molar-refractivity contribution is -0.276. The van der Waals surface area contributed by atoms with Gasteiger partial charge in [-0.15, -0.1) is 13.2 Å². The van der Waals surface area contributed by atoms with Crippen LogP contribution >= 0.6 is 0 Å². The summed E-state index contributed by atoms with van der Waals surface area (Å²) >= 11 is 0. The molecule has 0 bridgehead atoms. The second kappa shape index (κ2) is 4.86. The minimum Gasteiger partial charge on any atom is -0.503 e. The molecule has 92 valence electrons. The Morgan fingerprint density at radius 2 is 2.12 bits per heavy atom. The predicted molar refractivity (Wildman–Crippen MR) is 46.7 cm³/mol. The highest BCUT2D eigenvalue weighted by molar-refractivity contribution is 5.39. The summed E-state index contributed by atoms with van der Waals surface area (Å²) < 4.78 is 51.5. The number of pyridine rings is 1. The van der Waals surface area contributed by atoms with Gasteiger partial charge in [-0.05, 0) is 11.6 Å². The molecule has 0 aromatic carbocycles. The standard InChI is InChI=1S/C9H6F4N2O2/c10-4-6-5(1-2-14)3-7(16)8(15-6)17-9(11,12)13/h3,16H,1,4H2. The fourth-order valence-corrected chi connectivity index (χ4v) is 1.10. The van der Waals surface area contributed by atoms with E-state index in [0.29, 0.717) is 0 Å². The van der Waals surface area contributed by atoms with E-state index in [-0.39, 0.29) is 17.7 Å². The van der Waals surface area contributed by atoms with Crippen LogP contribution in [0.2, 0.25) is 0 Å². The third-order valence-corrected chi connectivity index (χ3v) is 1.75. The molecule has 0 fully saturated rings. The molecule has 4 nitrogen and oxygen atoms in total. The summed E-state index contributed by atoms with van der Waals surface area (Å²) in [5.74, 6) is -2.03. The van der Waals surface area contributed by atoms with E-state index in [4.69, 9.17) is 5.26 Å². The van der Waals surface area contributed by atoms with E-state index in [1.165, 1.54) is 0 Å². The molecule has 1 N–H and O–H groups in total. The second-order valence-electron chi connectivity index (χ2n) is 2.93. The Labute approximate surface area is 93.1 Å². The molecule has 0 unspecified atom stereocenters. The molecule has 1 aromatic heterocycles. The molecule has 0 aliphatic carbocycles. The molecule has 1 aromatic rings. The van der Waals surface area contributed by atoms with Crippen molar-refractivity contribution in [3.05, 3.63) is 17.3 Å². The number of ether oxygens (including phenoxy) is 1. The fraction of sp³-hybridized carbons (Fsp3) is 0.333. The van der Waals surface area contributed by atoms with Crippen molar-refractivity contribution < 1.29 is 27.4 Å². The molecule has 1 rings (SSSR count). The number of rotatable bonds is 3. The van der Waals surface area contributed by atoms with Crippen LogP contribution < -0.4 is 4.74 Å². The molecule has 8 heteroatoms. The van der Waals surface area contributed by atoms with Gasteiger partial charge in [0.2, 0.25) is 0 Å². The summed E-state index contributed by atoms with van der Waals surface area (Å²) in [5.41, 5.74) is -0.356. The van der Waals surface area contributed by atoms with Crippen molar-refractivity contribution in [2.45, 2.75) is 19.5 Å². The van der Waals surface area contributed by atoms with Crippen LogP contribution in [-0.4, -0.2) is 16.5 Å². The highest BCUT2D eigenvalue weighted by atomic mass is 19.4. The molecule has 1 heterocycles. The van der Waals surface area contributed by atoms with E-state index >= 15 is 0 Å². The Hall–Kier alpha value is -2.04. The summed E-state index contributed by atoms with van der Waals surface area (Å²) in [6.45, 7) is -1.16. The molecule has 0 saturated carbocycles. The highest BCUT2D eigenvalue weighted by Crippen LogP contribution is 2.31. The molecule has 0 aliphatic heterocycles. The molecule has 0 saturated heterocycles. The van der Waals surface area contributed by atoms with Crippen molar-refractivity contribution in [3.8, 4) is 17.7 Å². The van der Waals surface area contributed by atoms with Crippen LogP contribution in [0, 0.1) is 11.3 Å². The Morgan fingerprint density at radius 1 is 1.47 bits per heavy atom. The quantitative estimate of drug-likeness (QED) is 0.835. The SMILES string of the molecule is N#CCc1cc(O)c(OC(F)(F)F)nc1CF. The van der Waals surface area contributed by atoms with Crippen molar-refractivity contribution in [1.82, 2.24) is 4.98 Å². The maximum absolute atomic E-state index is 12.5. The summed E-state index contributed by atoms with van der Waals surface area (Å²) in [4.78, 5) is 3.18. The largest absolute Gasteiger partial charge is 0.574 e. The van der Waals surface area contributed by atoms with Gasteiger partial charge in [0.15, 0.2) is 5.75 Å². The van der Waals surface area contributed by atoms with Crippen molar-refractivity contribution in [2.24, 2.45) is 0 Å². The topological polar surface area (TPSA) is 66.1 Å². The van der Waals surface area contributed by atoms with Gasteiger partial charge in [-0.3, -0.25) is 0 Å². The maximum Gasteiger partial charge on any atom is 0.574 e. The monoisotopic (exact) mass is 250 g/mol. The van der Waals surface area contributed by atoms with E-state index < -0.39 is 24.7 Å². The molecule has 0 radical (unpaired) electrons. The second-order valence-corrected chi connectivity index (χ2v) is 2.93. The minimum absolute atomic E-state index is 0.0158. The van der Waals surface area contributed by atoms with E-state index in [1.54, 1.807) is 6.07 Å². The third-order valence-electron chi connectivity index (χ3n) is 1.75. The summed E-state index contributed by atoms with van der Waals surface area (Å²) in [7, 11) is 0. The van der Waals surface area contributed by atoms with Crippen molar-refractivity contribution in [1.29, 1.82) is 5.26 Å². The Morgan fingerprint density at radius 3 is 2.59 bits per heavy atom. The number of aromatic nitrogens is 1. The van der Waals surface area contributed by atoms with Gasteiger partial charge in [-0.25, -0.2) is 9.37 Å². The van der Waals surface area contributed by atoms with Crippen LogP contribution in [0.25, 0.3) is 0 Å². The fourth-order valence-electron chi connectivity index (χ4n) is 1.10. The van der Waals surface area contributed by atoms with Gasteiger partial charge in [0.1, 0.15) is 6.67 Å². The number of alkyl halides is 4. The molecule has 0 atom stereocenters. The van der Waals surface area contributed by atoms with Gasteiger partial charge in [-0.2, -0.15) is 5.26 Å². The Bertz CT molecular complexity index is 454. The Balaban J connectivity index is 3.14. The number of nitrogens with zero attached hydrogens (tertiary/aromatic N) is 2. The molecular weight excluding hydrogens is 244 g/mol. The minimum atomic E-state index is -5.03. The lowest BCUT2D eigenvalue weighted by Crippen LogP contribution is -2.18. The van der Waals surface area contributed by atoms with Gasteiger partial charge >= 0.3 is 6.36 Å². The van der Waals surface area contributed by atoms with Crippen LogP contribution in [0.15, 0.2) is 6.07 Å². The van der Waals surface area contributed by atoms with Crippen molar-refractivity contribution >= 4 is 0 Å². The number of halogens is 4. The Kier molecular flexibility index (Phi) is 3.73. The summed E-state index contributed by atoms with van der Waals surface area (Å²) in [6.07, 6.45) is -5.30. The smallest absolute Gasteiger partial charge is 0.503 e. The average Bonchev–Trinajstić information content (AvgIpc) is 2.20. The van der Waals surface area contributed by atoms with E-state index in [9.17, 15) is 22.7 Å². The van der Waals surface area contributed by atoms with Crippen LogP contribution in [0.4, 0.5) is 17.6 Å². The van der Waals surface area contributed by atoms with Crippen molar-refractivity contribution in [2.75, 3.05) is 0 Å². The number of nitriles is 1. The predicted octanol–water partition coefficient (Wildman–Crippen LogP) is 2.22. The van der Waals surface area contributed by atoms with E-state index in [0.717, 1.165) is 6.07 Å². The van der Waals surface area contributed by atoms with E-state index in [2.05, 4.69) is 9.72 Å². The van der Waals surface area contributed by atoms with Crippen LogP contribution in [0.5, 0.6) is 11.6 Å². The normalized spacial score (nSPS) is 11.0. The zero-order valence-corrected chi connectivity index (χ0v) is 8.25. The van der Waals surface area contributed by atoms with E-state index in [1.807, 2.05) is 0 Å².